The van der Waals surface area contributed by atoms with Gasteiger partial charge in [-0.3, -0.25) is 0 Å². The number of aryl methyl sites for hydroxylation is 2. The molecular weight excluding hydrogens is 226 g/mol. The first kappa shape index (κ1) is 9.66. The quantitative estimate of drug-likeness (QED) is 0.564. The predicted octanol–water partition coefficient (Wildman–Crippen LogP) is 3.14. The number of halogens is 1. The Morgan fingerprint density at radius 1 is 1.44 bits per heavy atom. The molecule has 0 bridgehead atoms. The van der Waals surface area contributed by atoms with Crippen LogP contribution in [0.4, 0.5) is 5.69 Å². The summed E-state index contributed by atoms with van der Waals surface area (Å²) in [6, 6.07) is 2.02. The molecule has 1 atom stereocenters. The van der Waals surface area contributed by atoms with E-state index in [-0.39, 0.29) is 0 Å². The maximum atomic E-state index is 6.05. The van der Waals surface area contributed by atoms with Crippen LogP contribution in [0.1, 0.15) is 22.5 Å². The van der Waals surface area contributed by atoms with Gasteiger partial charge in [0, 0.05) is 5.69 Å². The molecule has 3 rings (SSSR count). The average molecular weight is 236 g/mol. The second-order valence-electron chi connectivity index (χ2n) is 3.86. The summed E-state index contributed by atoms with van der Waals surface area (Å²) in [6.07, 6.45) is 1.59. The zero-order chi connectivity index (χ0) is 11.3. The second kappa shape index (κ2) is 3.22. The van der Waals surface area contributed by atoms with E-state index in [0.717, 1.165) is 22.3 Å². The van der Waals surface area contributed by atoms with E-state index in [1.165, 1.54) is 0 Å². The lowest BCUT2D eigenvalue weighted by atomic mass is 10.1. The van der Waals surface area contributed by atoms with Crippen LogP contribution in [0.5, 0.6) is 0 Å². The van der Waals surface area contributed by atoms with Crippen LogP contribution in [0, 0.1) is 13.8 Å². The van der Waals surface area contributed by atoms with Crippen LogP contribution in [-0.4, -0.2) is 11.3 Å². The monoisotopic (exact) mass is 235 g/mol. The van der Waals surface area contributed by atoms with Gasteiger partial charge in [-0.25, -0.2) is 9.98 Å². The summed E-state index contributed by atoms with van der Waals surface area (Å²) in [4.78, 5) is 8.38. The maximum absolute atomic E-state index is 6.05. The minimum Gasteiger partial charge on any atom is -0.437 e. The fourth-order valence-corrected chi connectivity index (χ4v) is 2.21. The number of aromatic nitrogens is 1. The first-order chi connectivity index (χ1) is 7.66. The van der Waals surface area contributed by atoms with E-state index in [2.05, 4.69) is 15.3 Å². The van der Waals surface area contributed by atoms with Gasteiger partial charge in [0.25, 0.3) is 0 Å². The summed E-state index contributed by atoms with van der Waals surface area (Å²) in [5.41, 5.74) is 3.09. The van der Waals surface area contributed by atoms with Crippen LogP contribution >= 0.6 is 11.6 Å². The number of rotatable bonds is 0. The number of furan rings is 1. The number of pyridine rings is 1. The maximum Gasteiger partial charge on any atom is 0.229 e. The summed E-state index contributed by atoms with van der Waals surface area (Å²) in [7, 11) is 0. The minimum atomic E-state index is -0.467. The number of hydrogen-bond donors (Lipinski definition) is 1. The fourth-order valence-electron chi connectivity index (χ4n) is 2.00. The molecule has 1 unspecified atom stereocenters. The molecule has 3 heterocycles. The Labute approximate surface area is 97.3 Å². The molecule has 82 valence electrons. The van der Waals surface area contributed by atoms with Gasteiger partial charge < -0.3 is 9.73 Å². The number of nitrogens with zero attached hydrogens (tertiary/aromatic N) is 2. The molecular formula is C11H10ClN3O. The van der Waals surface area contributed by atoms with Gasteiger partial charge in [0.15, 0.2) is 11.3 Å². The minimum absolute atomic E-state index is 0.467. The van der Waals surface area contributed by atoms with Gasteiger partial charge in [-0.15, -0.1) is 0 Å². The number of alkyl halides is 1. The zero-order valence-electron chi connectivity index (χ0n) is 8.91. The lowest BCUT2D eigenvalue weighted by Gasteiger charge is -2.10. The Morgan fingerprint density at radius 2 is 2.25 bits per heavy atom. The molecule has 1 N–H and O–H groups in total. The third-order valence-corrected chi connectivity index (χ3v) is 2.96. The van der Waals surface area contributed by atoms with Crippen molar-refractivity contribution < 1.29 is 4.42 Å². The van der Waals surface area contributed by atoms with Crippen molar-refractivity contribution in [2.24, 2.45) is 4.99 Å². The van der Waals surface area contributed by atoms with Gasteiger partial charge in [0.2, 0.25) is 5.71 Å². The number of nitrogens with one attached hydrogen (secondary N) is 1. The molecule has 5 heteroatoms. The van der Waals surface area contributed by atoms with Crippen LogP contribution < -0.4 is 5.32 Å². The molecule has 0 aromatic carbocycles. The van der Waals surface area contributed by atoms with Crippen molar-refractivity contribution in [3.05, 3.63) is 23.1 Å². The molecule has 4 nitrogen and oxygen atoms in total. The molecule has 0 amide bonds. The van der Waals surface area contributed by atoms with Crippen LogP contribution in [0.25, 0.3) is 11.1 Å². The lowest BCUT2D eigenvalue weighted by molar-refractivity contribution is 0.537. The smallest absolute Gasteiger partial charge is 0.229 e. The molecule has 0 saturated heterocycles. The molecule has 16 heavy (non-hydrogen) atoms. The van der Waals surface area contributed by atoms with Crippen molar-refractivity contribution in [2.75, 3.05) is 5.32 Å². The zero-order valence-corrected chi connectivity index (χ0v) is 9.67. The van der Waals surface area contributed by atoms with Crippen LogP contribution in [-0.2, 0) is 0 Å². The summed E-state index contributed by atoms with van der Waals surface area (Å²) in [5, 5.41) is 4.05. The van der Waals surface area contributed by atoms with Gasteiger partial charge in [0.05, 0.1) is 17.4 Å². The number of aliphatic imine (C=N–C) groups is 1. The van der Waals surface area contributed by atoms with Crippen LogP contribution in [0.2, 0.25) is 0 Å². The van der Waals surface area contributed by atoms with Crippen molar-refractivity contribution >= 4 is 34.7 Å². The van der Waals surface area contributed by atoms with Gasteiger partial charge in [-0.05, 0) is 25.5 Å². The molecule has 2 aromatic heterocycles. The molecule has 1 aliphatic rings. The van der Waals surface area contributed by atoms with Crippen molar-refractivity contribution in [2.45, 2.75) is 19.3 Å². The number of anilines is 1. The van der Waals surface area contributed by atoms with E-state index < -0.39 is 5.50 Å². The topological polar surface area (TPSA) is 50.4 Å². The Kier molecular flexibility index (Phi) is 1.94. The largest absolute Gasteiger partial charge is 0.437 e. The number of hydrogen-bond acceptors (Lipinski definition) is 4. The van der Waals surface area contributed by atoms with E-state index in [1.54, 1.807) is 6.34 Å². The highest BCUT2D eigenvalue weighted by Gasteiger charge is 2.24. The van der Waals surface area contributed by atoms with Crippen LogP contribution in [0.3, 0.4) is 0 Å². The first-order valence-electron chi connectivity index (χ1n) is 4.99. The molecule has 2 aromatic rings. The molecule has 0 saturated carbocycles. The lowest BCUT2D eigenvalue weighted by Crippen LogP contribution is -2.04. The van der Waals surface area contributed by atoms with Crippen LogP contribution in [0.15, 0.2) is 15.5 Å². The highest BCUT2D eigenvalue weighted by atomic mass is 35.5. The number of fused-ring (bicyclic) bond motifs is 3. The van der Waals surface area contributed by atoms with Gasteiger partial charge in [-0.2, -0.15) is 0 Å². The second-order valence-corrected chi connectivity index (χ2v) is 4.27. The van der Waals surface area contributed by atoms with E-state index >= 15 is 0 Å². The van der Waals surface area contributed by atoms with E-state index in [4.69, 9.17) is 16.0 Å². The molecule has 0 spiro atoms. The van der Waals surface area contributed by atoms with E-state index in [9.17, 15) is 0 Å². The highest BCUT2D eigenvalue weighted by molar-refractivity contribution is 6.22. The van der Waals surface area contributed by atoms with E-state index in [0.29, 0.717) is 11.5 Å². The first-order valence-corrected chi connectivity index (χ1v) is 5.43. The fraction of sp³-hybridized carbons (Fsp3) is 0.273. The summed E-state index contributed by atoms with van der Waals surface area (Å²) in [6.45, 7) is 3.97. The van der Waals surface area contributed by atoms with Gasteiger partial charge >= 0.3 is 0 Å². The predicted molar refractivity (Wildman–Crippen MR) is 64.2 cm³/mol. The summed E-state index contributed by atoms with van der Waals surface area (Å²) >= 11 is 6.05. The Bertz CT molecular complexity index is 603. The molecule has 0 radical (unpaired) electrons. The summed E-state index contributed by atoms with van der Waals surface area (Å²) in [5.74, 6) is 0.639. The SMILES string of the molecule is Cc1cc(C)c2c3c(oc2n1)C(Cl)N=CN3. The highest BCUT2D eigenvalue weighted by Crippen LogP contribution is 2.40. The van der Waals surface area contributed by atoms with Crippen molar-refractivity contribution in [3.63, 3.8) is 0 Å². The van der Waals surface area contributed by atoms with Gasteiger partial charge in [0.1, 0.15) is 0 Å². The van der Waals surface area contributed by atoms with Crippen molar-refractivity contribution in [1.29, 1.82) is 0 Å². The average Bonchev–Trinajstić information content (AvgIpc) is 2.57. The Morgan fingerprint density at radius 3 is 3.06 bits per heavy atom. The third kappa shape index (κ3) is 1.23. The Hall–Kier alpha value is -1.55. The summed E-state index contributed by atoms with van der Waals surface area (Å²) < 4.78 is 5.65. The molecule has 1 aliphatic heterocycles. The van der Waals surface area contributed by atoms with Gasteiger partial charge in [-0.1, -0.05) is 11.6 Å². The molecule has 0 aliphatic carbocycles. The third-order valence-electron chi connectivity index (χ3n) is 2.65. The van der Waals surface area contributed by atoms with Crippen molar-refractivity contribution in [3.8, 4) is 0 Å². The standard InChI is InChI=1S/C11H10ClN3O/c1-5-3-6(2)15-11-7(5)8-9(16-11)10(12)14-4-13-8/h3-4,10H,1-2H3,(H,13,14). The normalized spacial score (nSPS) is 18.6. The van der Waals surface area contributed by atoms with Crippen molar-refractivity contribution in [1.82, 2.24) is 4.98 Å². The van der Waals surface area contributed by atoms with E-state index in [1.807, 2.05) is 19.9 Å². The Balaban J connectivity index is 2.38. The molecule has 0 fully saturated rings.